The van der Waals surface area contributed by atoms with E-state index in [1.54, 1.807) is 7.11 Å². The molecule has 1 atom stereocenters. The molecule has 1 N–H and O–H groups in total. The van der Waals surface area contributed by atoms with E-state index in [0.29, 0.717) is 13.2 Å². The third-order valence-corrected chi connectivity index (χ3v) is 4.79. The second-order valence-electron chi connectivity index (χ2n) is 6.69. The van der Waals surface area contributed by atoms with Crippen LogP contribution >= 0.6 is 0 Å². The number of hydrogen-bond acceptors (Lipinski definition) is 5. The average molecular weight is 356 g/mol. The molecule has 2 aromatic carbocycles. The molecule has 0 spiro atoms. The van der Waals surface area contributed by atoms with Gasteiger partial charge in [0.25, 0.3) is 0 Å². The van der Waals surface area contributed by atoms with Crippen LogP contribution in [0.5, 0.6) is 11.5 Å². The number of aliphatic hydroxyl groups is 1. The summed E-state index contributed by atoms with van der Waals surface area (Å²) in [5, 5.41) is 10.3. The average Bonchev–Trinajstić information content (AvgIpc) is 2.68. The zero-order valence-electron chi connectivity index (χ0n) is 15.6. The topological polar surface area (TPSA) is 45.2 Å². The van der Waals surface area contributed by atoms with Crippen molar-refractivity contribution in [2.45, 2.75) is 13.0 Å². The second-order valence-corrected chi connectivity index (χ2v) is 6.69. The van der Waals surface area contributed by atoms with E-state index < -0.39 is 6.10 Å². The number of aliphatic hydroxyl groups excluding tert-OH is 1. The summed E-state index contributed by atoms with van der Waals surface area (Å²) in [5.74, 6) is 1.75. The van der Waals surface area contributed by atoms with Crippen LogP contribution in [0, 0.1) is 6.92 Å². The highest BCUT2D eigenvalue weighted by Gasteiger charge is 2.21. The molecule has 5 heteroatoms. The van der Waals surface area contributed by atoms with Gasteiger partial charge in [-0.2, -0.15) is 0 Å². The van der Waals surface area contributed by atoms with Crippen molar-refractivity contribution < 1.29 is 14.6 Å². The molecule has 1 saturated heterocycles. The molecule has 0 amide bonds. The van der Waals surface area contributed by atoms with Crippen molar-refractivity contribution in [3.05, 3.63) is 54.1 Å². The number of rotatable bonds is 7. The summed E-state index contributed by atoms with van der Waals surface area (Å²) in [4.78, 5) is 4.63. The zero-order chi connectivity index (χ0) is 18.4. The Balaban J connectivity index is 1.45. The van der Waals surface area contributed by atoms with Crippen LogP contribution in [0.25, 0.3) is 0 Å². The van der Waals surface area contributed by atoms with Crippen molar-refractivity contribution in [2.24, 2.45) is 0 Å². The Morgan fingerprint density at radius 1 is 0.962 bits per heavy atom. The molecule has 0 saturated carbocycles. The van der Waals surface area contributed by atoms with Gasteiger partial charge in [-0.25, -0.2) is 0 Å². The lowest BCUT2D eigenvalue weighted by molar-refractivity contribution is 0.0660. The molecule has 1 aliphatic rings. The number of aryl methyl sites for hydroxylation is 1. The maximum atomic E-state index is 10.3. The van der Waals surface area contributed by atoms with Crippen LogP contribution in [-0.4, -0.2) is 62.6 Å². The summed E-state index contributed by atoms with van der Waals surface area (Å²) in [7, 11) is 1.71. The van der Waals surface area contributed by atoms with Crippen LogP contribution in [0.3, 0.4) is 0 Å². The molecule has 26 heavy (non-hydrogen) atoms. The number of methoxy groups -OCH3 is 1. The normalized spacial score (nSPS) is 16.3. The molecule has 0 bridgehead atoms. The van der Waals surface area contributed by atoms with E-state index in [1.165, 1.54) is 0 Å². The molecule has 1 fully saturated rings. The van der Waals surface area contributed by atoms with Gasteiger partial charge in [-0.15, -0.1) is 0 Å². The highest BCUT2D eigenvalue weighted by molar-refractivity contribution is 5.58. The predicted octanol–water partition coefficient (Wildman–Crippen LogP) is 2.57. The highest BCUT2D eigenvalue weighted by Crippen LogP contribution is 2.28. The summed E-state index contributed by atoms with van der Waals surface area (Å²) in [6, 6.07) is 16.0. The van der Waals surface area contributed by atoms with Gasteiger partial charge in [-0.1, -0.05) is 30.3 Å². The van der Waals surface area contributed by atoms with Crippen LogP contribution in [0.1, 0.15) is 5.56 Å². The predicted molar refractivity (Wildman–Crippen MR) is 104 cm³/mol. The monoisotopic (exact) mass is 356 g/mol. The van der Waals surface area contributed by atoms with Crippen molar-refractivity contribution in [3.8, 4) is 11.5 Å². The highest BCUT2D eigenvalue weighted by atomic mass is 16.5. The molecule has 140 valence electrons. The Morgan fingerprint density at radius 3 is 2.31 bits per heavy atom. The smallest absolute Gasteiger partial charge is 0.142 e. The largest absolute Gasteiger partial charge is 0.495 e. The van der Waals surface area contributed by atoms with E-state index in [9.17, 15) is 5.11 Å². The standard InChI is InChI=1S/C21H28N2O3/c1-17-7-3-5-9-20(17)26-16-18(24)15-22-11-13-23(14-12-22)19-8-4-6-10-21(19)25-2/h3-10,18,24H,11-16H2,1-2H3/t18-/m1/s1. The Bertz CT molecular complexity index is 699. The number of anilines is 1. The molecule has 0 aliphatic carbocycles. The van der Waals surface area contributed by atoms with E-state index in [4.69, 9.17) is 9.47 Å². The van der Waals surface area contributed by atoms with E-state index in [1.807, 2.05) is 49.4 Å². The van der Waals surface area contributed by atoms with Gasteiger partial charge in [-0.3, -0.25) is 4.90 Å². The Morgan fingerprint density at radius 2 is 1.62 bits per heavy atom. The van der Waals surface area contributed by atoms with Crippen LogP contribution in [0.2, 0.25) is 0 Å². The number of para-hydroxylation sites is 3. The first-order valence-corrected chi connectivity index (χ1v) is 9.14. The van der Waals surface area contributed by atoms with Crippen molar-refractivity contribution in [1.82, 2.24) is 4.90 Å². The molecule has 0 radical (unpaired) electrons. The molecular formula is C21H28N2O3. The lowest BCUT2D eigenvalue weighted by Crippen LogP contribution is -2.49. The van der Waals surface area contributed by atoms with Crippen molar-refractivity contribution in [1.29, 1.82) is 0 Å². The molecule has 2 aromatic rings. The van der Waals surface area contributed by atoms with Gasteiger partial charge in [-0.05, 0) is 30.7 Å². The fourth-order valence-electron chi connectivity index (χ4n) is 3.32. The molecule has 0 unspecified atom stereocenters. The van der Waals surface area contributed by atoms with Crippen molar-refractivity contribution in [3.63, 3.8) is 0 Å². The minimum absolute atomic E-state index is 0.317. The lowest BCUT2D eigenvalue weighted by Gasteiger charge is -2.37. The summed E-state index contributed by atoms with van der Waals surface area (Å²) in [6.07, 6.45) is -0.493. The molecule has 1 aliphatic heterocycles. The van der Waals surface area contributed by atoms with Gasteiger partial charge < -0.3 is 19.5 Å². The molecule has 3 rings (SSSR count). The first kappa shape index (κ1) is 18.5. The van der Waals surface area contributed by atoms with Crippen molar-refractivity contribution in [2.75, 3.05) is 51.3 Å². The van der Waals surface area contributed by atoms with Gasteiger partial charge in [0.05, 0.1) is 12.8 Å². The third kappa shape index (κ3) is 4.68. The molecule has 1 heterocycles. The number of ether oxygens (including phenoxy) is 2. The third-order valence-electron chi connectivity index (χ3n) is 4.79. The summed E-state index contributed by atoms with van der Waals surface area (Å²) >= 11 is 0. The Labute approximate surface area is 155 Å². The van der Waals surface area contributed by atoms with Gasteiger partial charge in [0, 0.05) is 32.7 Å². The van der Waals surface area contributed by atoms with Crippen LogP contribution in [0.15, 0.2) is 48.5 Å². The molecule has 0 aromatic heterocycles. The summed E-state index contributed by atoms with van der Waals surface area (Å²) < 4.78 is 11.2. The Hall–Kier alpha value is -2.24. The minimum Gasteiger partial charge on any atom is -0.495 e. The minimum atomic E-state index is -0.493. The first-order valence-electron chi connectivity index (χ1n) is 9.14. The first-order chi connectivity index (χ1) is 12.7. The summed E-state index contributed by atoms with van der Waals surface area (Å²) in [6.45, 7) is 6.64. The number of piperazine rings is 1. The Kier molecular flexibility index (Phi) is 6.36. The quantitative estimate of drug-likeness (QED) is 0.826. The maximum Gasteiger partial charge on any atom is 0.142 e. The van der Waals surface area contributed by atoms with Gasteiger partial charge >= 0.3 is 0 Å². The van der Waals surface area contributed by atoms with E-state index in [0.717, 1.165) is 48.9 Å². The number of hydrogen-bond donors (Lipinski definition) is 1. The number of β-amino-alcohol motifs (C(OH)–C–C–N with tert-alkyl or cyclic N) is 1. The van der Waals surface area contributed by atoms with Gasteiger partial charge in [0.15, 0.2) is 0 Å². The van der Waals surface area contributed by atoms with E-state index >= 15 is 0 Å². The fourth-order valence-corrected chi connectivity index (χ4v) is 3.32. The van der Waals surface area contributed by atoms with Crippen LogP contribution < -0.4 is 14.4 Å². The fraction of sp³-hybridized carbons (Fsp3) is 0.429. The lowest BCUT2D eigenvalue weighted by atomic mass is 10.2. The van der Waals surface area contributed by atoms with E-state index in [2.05, 4.69) is 15.9 Å². The van der Waals surface area contributed by atoms with Gasteiger partial charge in [0.2, 0.25) is 0 Å². The second kappa shape index (κ2) is 8.92. The number of benzene rings is 2. The maximum absolute atomic E-state index is 10.3. The van der Waals surface area contributed by atoms with E-state index in [-0.39, 0.29) is 0 Å². The molecule has 5 nitrogen and oxygen atoms in total. The van der Waals surface area contributed by atoms with Crippen LogP contribution in [-0.2, 0) is 0 Å². The SMILES string of the molecule is COc1ccccc1N1CCN(C[C@@H](O)COc2ccccc2C)CC1. The van der Waals surface area contributed by atoms with Crippen LogP contribution in [0.4, 0.5) is 5.69 Å². The van der Waals surface area contributed by atoms with Gasteiger partial charge in [0.1, 0.15) is 24.2 Å². The zero-order valence-corrected chi connectivity index (χ0v) is 15.6. The van der Waals surface area contributed by atoms with Crippen molar-refractivity contribution >= 4 is 5.69 Å². The molecular weight excluding hydrogens is 328 g/mol. The number of nitrogens with zero attached hydrogens (tertiary/aromatic N) is 2. The summed E-state index contributed by atoms with van der Waals surface area (Å²) in [5.41, 5.74) is 2.23.